The highest BCUT2D eigenvalue weighted by Gasteiger charge is 2.20. The van der Waals surface area contributed by atoms with Crippen molar-refractivity contribution in [2.24, 2.45) is 7.05 Å². The molecule has 1 aromatic rings. The van der Waals surface area contributed by atoms with Gasteiger partial charge in [0.15, 0.2) is 0 Å². The predicted octanol–water partition coefficient (Wildman–Crippen LogP) is 1.38. The van der Waals surface area contributed by atoms with Gasteiger partial charge in [-0.2, -0.15) is 5.10 Å². The van der Waals surface area contributed by atoms with Crippen molar-refractivity contribution in [1.82, 2.24) is 20.0 Å². The van der Waals surface area contributed by atoms with E-state index in [0.717, 1.165) is 12.2 Å². The average molecular weight is 236 g/mol. The minimum absolute atomic E-state index is 0.659. The third kappa shape index (κ3) is 3.54. The van der Waals surface area contributed by atoms with Gasteiger partial charge in [0.2, 0.25) is 0 Å². The van der Waals surface area contributed by atoms with E-state index in [0.29, 0.717) is 12.1 Å². The molecule has 0 saturated carbocycles. The zero-order chi connectivity index (χ0) is 12.3. The summed E-state index contributed by atoms with van der Waals surface area (Å²) in [5.41, 5.74) is 1.14. The normalized spacial score (nSPS) is 19.1. The molecule has 0 radical (unpaired) electrons. The van der Waals surface area contributed by atoms with Gasteiger partial charge in [0, 0.05) is 31.9 Å². The third-order valence-electron chi connectivity index (χ3n) is 3.60. The quantitative estimate of drug-likeness (QED) is 0.857. The summed E-state index contributed by atoms with van der Waals surface area (Å²) in [6, 6.07) is 3.43. The van der Waals surface area contributed by atoms with Gasteiger partial charge in [-0.15, -0.1) is 0 Å². The van der Waals surface area contributed by atoms with E-state index in [1.54, 1.807) is 0 Å². The van der Waals surface area contributed by atoms with Crippen LogP contribution in [0.1, 0.15) is 32.4 Å². The van der Waals surface area contributed by atoms with Crippen LogP contribution in [0.25, 0.3) is 0 Å². The Kier molecular flexibility index (Phi) is 4.18. The number of likely N-dealkylation sites (tertiary alicyclic amines) is 1. The highest BCUT2D eigenvalue weighted by molar-refractivity contribution is 4.98. The van der Waals surface area contributed by atoms with Crippen molar-refractivity contribution in [3.8, 4) is 0 Å². The van der Waals surface area contributed by atoms with Crippen LogP contribution >= 0.6 is 0 Å². The van der Waals surface area contributed by atoms with Crippen molar-refractivity contribution in [2.45, 2.75) is 45.3 Å². The van der Waals surface area contributed by atoms with Gasteiger partial charge in [0.25, 0.3) is 0 Å². The van der Waals surface area contributed by atoms with Crippen LogP contribution in [0.3, 0.4) is 0 Å². The van der Waals surface area contributed by atoms with Gasteiger partial charge < -0.3 is 10.2 Å². The van der Waals surface area contributed by atoms with E-state index in [1.807, 2.05) is 17.9 Å². The van der Waals surface area contributed by atoms with Gasteiger partial charge in [-0.05, 0) is 45.8 Å². The maximum Gasteiger partial charge on any atom is 0.0762 e. The molecule has 1 saturated heterocycles. The minimum Gasteiger partial charge on any atom is -0.308 e. The topological polar surface area (TPSA) is 33.1 Å². The number of piperidine rings is 1. The standard InChI is InChI=1S/C13H24N4/c1-11(2)17-8-5-12(6-9-17)14-10-13-4-7-16(3)15-13/h4,7,11-12,14H,5-6,8-10H2,1-3H3. The SMILES string of the molecule is CC(C)N1CCC(NCc2ccn(C)n2)CC1. The fourth-order valence-electron chi connectivity index (χ4n) is 2.43. The monoisotopic (exact) mass is 236 g/mol. The summed E-state index contributed by atoms with van der Waals surface area (Å²) in [6.45, 7) is 7.89. The first-order valence-electron chi connectivity index (χ1n) is 6.61. The van der Waals surface area contributed by atoms with Crippen LogP contribution in [0.4, 0.5) is 0 Å². The van der Waals surface area contributed by atoms with E-state index >= 15 is 0 Å². The smallest absolute Gasteiger partial charge is 0.0762 e. The number of hydrogen-bond donors (Lipinski definition) is 1. The lowest BCUT2D eigenvalue weighted by atomic mass is 10.0. The second-order valence-electron chi connectivity index (χ2n) is 5.27. The second kappa shape index (κ2) is 5.65. The van der Waals surface area contributed by atoms with Crippen LogP contribution in [-0.4, -0.2) is 39.9 Å². The lowest BCUT2D eigenvalue weighted by Crippen LogP contribution is -2.44. The lowest BCUT2D eigenvalue weighted by molar-refractivity contribution is 0.160. The number of hydrogen-bond acceptors (Lipinski definition) is 3. The molecule has 4 heteroatoms. The van der Waals surface area contributed by atoms with Gasteiger partial charge in [-0.3, -0.25) is 4.68 Å². The molecule has 17 heavy (non-hydrogen) atoms. The van der Waals surface area contributed by atoms with E-state index in [2.05, 4.69) is 35.2 Å². The van der Waals surface area contributed by atoms with E-state index in [9.17, 15) is 0 Å². The van der Waals surface area contributed by atoms with Crippen molar-refractivity contribution in [2.75, 3.05) is 13.1 Å². The molecular formula is C13H24N4. The lowest BCUT2D eigenvalue weighted by Gasteiger charge is -2.34. The molecule has 96 valence electrons. The van der Waals surface area contributed by atoms with Crippen LogP contribution in [0, 0.1) is 0 Å². The van der Waals surface area contributed by atoms with Crippen molar-refractivity contribution < 1.29 is 0 Å². The zero-order valence-electron chi connectivity index (χ0n) is 11.2. The fraction of sp³-hybridized carbons (Fsp3) is 0.769. The number of rotatable bonds is 4. The summed E-state index contributed by atoms with van der Waals surface area (Å²) in [6.07, 6.45) is 4.51. The largest absolute Gasteiger partial charge is 0.308 e. The van der Waals surface area contributed by atoms with Crippen molar-refractivity contribution in [3.05, 3.63) is 18.0 Å². The Morgan fingerprint density at radius 2 is 2.12 bits per heavy atom. The van der Waals surface area contributed by atoms with Crippen LogP contribution in [0.2, 0.25) is 0 Å². The Labute approximate surface area is 104 Å². The van der Waals surface area contributed by atoms with Crippen LogP contribution in [0.15, 0.2) is 12.3 Å². The molecule has 1 aromatic heterocycles. The fourth-order valence-corrected chi connectivity index (χ4v) is 2.43. The first-order valence-corrected chi connectivity index (χ1v) is 6.61. The Balaban J connectivity index is 1.71. The molecule has 2 rings (SSSR count). The Morgan fingerprint density at radius 3 is 2.65 bits per heavy atom. The van der Waals surface area contributed by atoms with Gasteiger partial charge in [-0.25, -0.2) is 0 Å². The summed E-state index contributed by atoms with van der Waals surface area (Å²) in [7, 11) is 1.96. The summed E-state index contributed by atoms with van der Waals surface area (Å²) < 4.78 is 1.86. The molecule has 0 bridgehead atoms. The summed E-state index contributed by atoms with van der Waals surface area (Å²) in [5, 5.41) is 7.99. The first kappa shape index (κ1) is 12.6. The molecule has 2 heterocycles. The highest BCUT2D eigenvalue weighted by atomic mass is 15.3. The molecule has 0 aliphatic carbocycles. The van der Waals surface area contributed by atoms with Crippen molar-refractivity contribution in [1.29, 1.82) is 0 Å². The number of aryl methyl sites for hydroxylation is 1. The molecule has 1 aliphatic rings. The van der Waals surface area contributed by atoms with Crippen LogP contribution in [-0.2, 0) is 13.6 Å². The molecule has 0 unspecified atom stereocenters. The molecule has 4 nitrogen and oxygen atoms in total. The van der Waals surface area contributed by atoms with Crippen molar-refractivity contribution in [3.63, 3.8) is 0 Å². The second-order valence-corrected chi connectivity index (χ2v) is 5.27. The molecule has 1 aliphatic heterocycles. The summed E-state index contributed by atoms with van der Waals surface area (Å²) >= 11 is 0. The van der Waals surface area contributed by atoms with Crippen molar-refractivity contribution >= 4 is 0 Å². The van der Waals surface area contributed by atoms with E-state index in [1.165, 1.54) is 25.9 Å². The molecule has 0 spiro atoms. The molecule has 0 atom stereocenters. The highest BCUT2D eigenvalue weighted by Crippen LogP contribution is 2.13. The van der Waals surface area contributed by atoms with Gasteiger partial charge >= 0.3 is 0 Å². The third-order valence-corrected chi connectivity index (χ3v) is 3.60. The maximum atomic E-state index is 4.38. The van der Waals surface area contributed by atoms with Crippen LogP contribution in [0.5, 0.6) is 0 Å². The number of aromatic nitrogens is 2. The molecular weight excluding hydrogens is 212 g/mol. The summed E-state index contributed by atoms with van der Waals surface area (Å²) in [5.74, 6) is 0. The Morgan fingerprint density at radius 1 is 1.41 bits per heavy atom. The number of nitrogens with zero attached hydrogens (tertiary/aromatic N) is 3. The van der Waals surface area contributed by atoms with Gasteiger partial charge in [0.1, 0.15) is 0 Å². The maximum absolute atomic E-state index is 4.38. The molecule has 0 amide bonds. The van der Waals surface area contributed by atoms with E-state index < -0.39 is 0 Å². The van der Waals surface area contributed by atoms with Gasteiger partial charge in [-0.1, -0.05) is 0 Å². The Bertz CT molecular complexity index is 337. The molecule has 0 aromatic carbocycles. The molecule has 1 N–H and O–H groups in total. The molecule has 1 fully saturated rings. The van der Waals surface area contributed by atoms with Crippen LogP contribution < -0.4 is 5.32 Å². The number of nitrogens with one attached hydrogen (secondary N) is 1. The van der Waals surface area contributed by atoms with E-state index in [4.69, 9.17) is 0 Å². The average Bonchev–Trinajstić information content (AvgIpc) is 2.73. The predicted molar refractivity (Wildman–Crippen MR) is 69.8 cm³/mol. The minimum atomic E-state index is 0.659. The Hall–Kier alpha value is -0.870. The zero-order valence-corrected chi connectivity index (χ0v) is 11.2. The summed E-state index contributed by atoms with van der Waals surface area (Å²) in [4.78, 5) is 2.55. The van der Waals surface area contributed by atoms with Gasteiger partial charge in [0.05, 0.1) is 5.69 Å². The first-order chi connectivity index (χ1) is 8.15. The van der Waals surface area contributed by atoms with E-state index in [-0.39, 0.29) is 0 Å².